The first kappa shape index (κ1) is 14.9. The lowest BCUT2D eigenvalue weighted by Gasteiger charge is -2.16. The molecule has 1 heterocycles. The molecule has 0 aromatic heterocycles. The maximum Gasteiger partial charge on any atom is 0.128 e. The molecule has 0 radical (unpaired) electrons. The van der Waals surface area contributed by atoms with Gasteiger partial charge in [-0.05, 0) is 30.4 Å². The lowest BCUT2D eigenvalue weighted by Crippen LogP contribution is -2.11. The minimum absolute atomic E-state index is 0.770. The molecular formula is C14H26N2. The third-order valence-electron chi connectivity index (χ3n) is 2.50. The highest BCUT2D eigenvalue weighted by Crippen LogP contribution is 2.39. The molecule has 1 fully saturated rings. The van der Waals surface area contributed by atoms with Gasteiger partial charge >= 0.3 is 0 Å². The van der Waals surface area contributed by atoms with Crippen molar-refractivity contribution in [2.75, 3.05) is 7.05 Å². The smallest absolute Gasteiger partial charge is 0.128 e. The summed E-state index contributed by atoms with van der Waals surface area (Å²) in [4.78, 5) is 6.36. The Kier molecular flexibility index (Phi) is 7.61. The third kappa shape index (κ3) is 4.65. The van der Waals surface area contributed by atoms with E-state index >= 15 is 0 Å². The van der Waals surface area contributed by atoms with Crippen molar-refractivity contribution in [1.82, 2.24) is 4.90 Å². The quantitative estimate of drug-likeness (QED) is 0.653. The average molecular weight is 222 g/mol. The molecule has 0 spiro atoms. The Labute approximate surface area is 101 Å². The van der Waals surface area contributed by atoms with Gasteiger partial charge in [-0.25, -0.2) is 4.99 Å². The van der Waals surface area contributed by atoms with Crippen molar-refractivity contribution in [3.05, 3.63) is 24.2 Å². The summed E-state index contributed by atoms with van der Waals surface area (Å²) in [6.45, 7) is 10.3. The second kappa shape index (κ2) is 8.14. The van der Waals surface area contributed by atoms with E-state index in [0.717, 1.165) is 17.7 Å². The zero-order chi connectivity index (χ0) is 12.6. The van der Waals surface area contributed by atoms with Crippen molar-refractivity contribution in [2.45, 2.75) is 41.0 Å². The lowest BCUT2D eigenvalue weighted by molar-refractivity contribution is 0.552. The van der Waals surface area contributed by atoms with Gasteiger partial charge in [-0.1, -0.05) is 34.6 Å². The first-order chi connectivity index (χ1) is 7.77. The molecule has 0 N–H and O–H groups in total. The Hall–Kier alpha value is -1.05. The lowest BCUT2D eigenvalue weighted by atomic mass is 10.3. The minimum atomic E-state index is 0.770. The molecular weight excluding hydrogens is 196 g/mol. The largest absolute Gasteiger partial charge is 0.336 e. The van der Waals surface area contributed by atoms with Crippen LogP contribution in [-0.4, -0.2) is 18.2 Å². The van der Waals surface area contributed by atoms with Crippen molar-refractivity contribution >= 4 is 6.21 Å². The van der Waals surface area contributed by atoms with Crippen LogP contribution in [0.3, 0.4) is 0 Å². The fourth-order valence-electron chi connectivity index (χ4n) is 1.39. The van der Waals surface area contributed by atoms with Gasteiger partial charge in [0.05, 0.1) is 0 Å². The number of hydrogen-bond acceptors (Lipinski definition) is 2. The predicted molar refractivity (Wildman–Crippen MR) is 73.4 cm³/mol. The Morgan fingerprint density at radius 1 is 1.31 bits per heavy atom. The number of nitrogens with zero attached hydrogens (tertiary/aromatic N) is 2. The molecule has 0 amide bonds. The molecule has 2 rings (SSSR count). The van der Waals surface area contributed by atoms with Crippen LogP contribution in [0, 0.1) is 11.8 Å². The molecule has 1 aliphatic carbocycles. The molecule has 92 valence electrons. The maximum atomic E-state index is 4.30. The topological polar surface area (TPSA) is 15.6 Å². The highest BCUT2D eigenvalue weighted by atomic mass is 15.2. The molecule has 2 nitrogen and oxygen atoms in total. The Morgan fingerprint density at radius 2 is 1.88 bits per heavy atom. The van der Waals surface area contributed by atoms with Crippen molar-refractivity contribution in [2.24, 2.45) is 16.8 Å². The molecule has 2 unspecified atom stereocenters. The molecule has 16 heavy (non-hydrogen) atoms. The summed E-state index contributed by atoms with van der Waals surface area (Å²) in [7, 11) is 2.03. The summed E-state index contributed by atoms with van der Waals surface area (Å²) in [5.74, 6) is 2.73. The van der Waals surface area contributed by atoms with Crippen molar-refractivity contribution in [3.8, 4) is 0 Å². The summed E-state index contributed by atoms with van der Waals surface area (Å²) in [5.41, 5.74) is 0. The van der Waals surface area contributed by atoms with E-state index in [2.05, 4.69) is 22.9 Å². The van der Waals surface area contributed by atoms with Gasteiger partial charge in [0, 0.05) is 19.5 Å². The van der Waals surface area contributed by atoms with E-state index in [0.29, 0.717) is 0 Å². The maximum absolute atomic E-state index is 4.30. The van der Waals surface area contributed by atoms with Crippen LogP contribution in [0.5, 0.6) is 0 Å². The van der Waals surface area contributed by atoms with E-state index in [1.807, 2.05) is 53.2 Å². The fourth-order valence-corrected chi connectivity index (χ4v) is 1.39. The third-order valence-corrected chi connectivity index (χ3v) is 2.50. The van der Waals surface area contributed by atoms with E-state index in [9.17, 15) is 0 Å². The predicted octanol–water partition coefficient (Wildman–Crippen LogP) is 4.07. The molecule has 2 atom stereocenters. The molecule has 0 bridgehead atoms. The van der Waals surface area contributed by atoms with Gasteiger partial charge < -0.3 is 4.90 Å². The summed E-state index contributed by atoms with van der Waals surface area (Å²) >= 11 is 0. The molecule has 0 aromatic carbocycles. The van der Waals surface area contributed by atoms with Crippen LogP contribution in [-0.2, 0) is 0 Å². The van der Waals surface area contributed by atoms with Crippen molar-refractivity contribution < 1.29 is 0 Å². The van der Waals surface area contributed by atoms with Crippen LogP contribution in [0.1, 0.15) is 41.0 Å². The first-order valence-corrected chi connectivity index (χ1v) is 6.43. The minimum Gasteiger partial charge on any atom is -0.336 e. The van der Waals surface area contributed by atoms with Gasteiger partial charge in [0.1, 0.15) is 5.82 Å². The second-order valence-corrected chi connectivity index (χ2v) is 3.63. The molecule has 0 aromatic rings. The monoisotopic (exact) mass is 222 g/mol. The normalized spacial score (nSPS) is 27.9. The van der Waals surface area contributed by atoms with Crippen molar-refractivity contribution in [3.63, 3.8) is 0 Å². The fraction of sp³-hybridized carbons (Fsp3) is 0.643. The van der Waals surface area contributed by atoms with Crippen LogP contribution in [0.15, 0.2) is 29.2 Å². The van der Waals surface area contributed by atoms with Crippen LogP contribution in [0.2, 0.25) is 0 Å². The summed E-state index contributed by atoms with van der Waals surface area (Å²) in [6.07, 6.45) is 9.43. The molecule has 0 saturated heterocycles. The molecule has 1 aliphatic heterocycles. The zero-order valence-electron chi connectivity index (χ0n) is 11.6. The first-order valence-electron chi connectivity index (χ1n) is 6.43. The van der Waals surface area contributed by atoms with Crippen LogP contribution in [0.25, 0.3) is 0 Å². The van der Waals surface area contributed by atoms with Gasteiger partial charge in [0.25, 0.3) is 0 Å². The van der Waals surface area contributed by atoms with Crippen LogP contribution < -0.4 is 0 Å². The van der Waals surface area contributed by atoms with E-state index in [4.69, 9.17) is 0 Å². The Bertz CT molecular complexity index is 264. The van der Waals surface area contributed by atoms with E-state index in [1.165, 1.54) is 6.42 Å². The van der Waals surface area contributed by atoms with Crippen molar-refractivity contribution in [1.29, 1.82) is 0 Å². The second-order valence-electron chi connectivity index (χ2n) is 3.63. The highest BCUT2D eigenvalue weighted by Gasteiger charge is 2.31. The number of allylic oxidation sites excluding steroid dienone is 2. The Morgan fingerprint density at radius 3 is 2.31 bits per heavy atom. The zero-order valence-corrected chi connectivity index (χ0v) is 11.6. The van der Waals surface area contributed by atoms with Gasteiger partial charge in [-0.3, -0.25) is 0 Å². The number of aliphatic imine (C=N–C) groups is 1. The van der Waals surface area contributed by atoms with E-state index in [-0.39, 0.29) is 0 Å². The summed E-state index contributed by atoms with van der Waals surface area (Å²) in [6, 6.07) is 0. The van der Waals surface area contributed by atoms with E-state index < -0.39 is 0 Å². The van der Waals surface area contributed by atoms with Crippen LogP contribution >= 0.6 is 0 Å². The molecule has 2 heteroatoms. The molecule has 2 aliphatic rings. The van der Waals surface area contributed by atoms with Gasteiger partial charge in [0.2, 0.25) is 0 Å². The van der Waals surface area contributed by atoms with Crippen LogP contribution in [0.4, 0.5) is 0 Å². The number of rotatable bonds is 1. The Balaban J connectivity index is 0.000000509. The van der Waals surface area contributed by atoms with Gasteiger partial charge in [-0.2, -0.15) is 0 Å². The number of hydrogen-bond donors (Lipinski definition) is 0. The van der Waals surface area contributed by atoms with E-state index in [1.54, 1.807) is 0 Å². The SMILES string of the molecule is CC.CC.CC1CC1/C=C1/N=CC=CN1C. The van der Waals surface area contributed by atoms with Gasteiger partial charge in [-0.15, -0.1) is 0 Å². The standard InChI is InChI=1S/C10H14N2.2C2H6/c1-8-6-9(8)7-10-11-4-3-5-12(10)2;2*1-2/h3-5,7-9H,6H2,1-2H3;2*1-2H3/b10-7-;;. The molecule has 1 saturated carbocycles. The summed E-state index contributed by atoms with van der Waals surface area (Å²) in [5, 5.41) is 0. The summed E-state index contributed by atoms with van der Waals surface area (Å²) < 4.78 is 0. The average Bonchev–Trinajstić information content (AvgIpc) is 3.03. The van der Waals surface area contributed by atoms with Gasteiger partial charge in [0.15, 0.2) is 0 Å². The highest BCUT2D eigenvalue weighted by molar-refractivity contribution is 5.73.